The number of anilines is 3. The fourth-order valence-corrected chi connectivity index (χ4v) is 6.50. The Labute approximate surface area is 225 Å². The number of nitrogens with zero attached hydrogens (tertiary/aromatic N) is 1. The fraction of sp³-hybridized carbons (Fsp3) is 0.0571. The minimum atomic E-state index is -0.581. The zero-order valence-corrected chi connectivity index (χ0v) is 21.2. The molecule has 8 rings (SSSR count). The number of aryl methyl sites for hydroxylation is 1. The van der Waals surface area contributed by atoms with Crippen LogP contribution >= 0.6 is 0 Å². The molecule has 4 nitrogen and oxygen atoms in total. The average Bonchev–Trinajstić information content (AvgIpc) is 2.97. The van der Waals surface area contributed by atoms with Crippen LogP contribution in [0, 0.1) is 6.92 Å². The third-order valence-corrected chi connectivity index (χ3v) is 7.99. The van der Waals surface area contributed by atoms with Crippen LogP contribution in [0.1, 0.15) is 28.0 Å². The fourth-order valence-electron chi connectivity index (χ4n) is 6.50. The van der Waals surface area contributed by atoms with Gasteiger partial charge in [-0.2, -0.15) is 0 Å². The van der Waals surface area contributed by atoms with E-state index in [0.29, 0.717) is 16.7 Å². The van der Waals surface area contributed by atoms with Crippen molar-refractivity contribution in [3.63, 3.8) is 0 Å². The molecule has 0 radical (unpaired) electrons. The van der Waals surface area contributed by atoms with Crippen LogP contribution in [-0.4, -0.2) is 0 Å². The summed E-state index contributed by atoms with van der Waals surface area (Å²) in [7, 11) is 0. The van der Waals surface area contributed by atoms with Crippen LogP contribution in [0.15, 0.2) is 131 Å². The summed E-state index contributed by atoms with van der Waals surface area (Å²) in [5.41, 5.74) is 7.51. The number of hydrogen-bond donors (Lipinski definition) is 0. The summed E-state index contributed by atoms with van der Waals surface area (Å²) >= 11 is 0. The van der Waals surface area contributed by atoms with Gasteiger partial charge < -0.3 is 14.1 Å². The first-order chi connectivity index (χ1) is 19.2. The maximum absolute atomic E-state index is 13.0. The number of ether oxygens (including phenoxy) is 1. The van der Waals surface area contributed by atoms with E-state index in [1.807, 2.05) is 30.3 Å². The van der Waals surface area contributed by atoms with Crippen molar-refractivity contribution >= 4 is 28.0 Å². The molecule has 0 bridgehead atoms. The summed E-state index contributed by atoms with van der Waals surface area (Å²) < 4.78 is 12.3. The zero-order chi connectivity index (χ0) is 26.1. The molecule has 3 heterocycles. The summed E-state index contributed by atoms with van der Waals surface area (Å²) in [4.78, 5) is 15.2. The minimum absolute atomic E-state index is 0.0436. The molecule has 0 saturated heterocycles. The molecule has 6 aromatic rings. The highest BCUT2D eigenvalue weighted by Crippen LogP contribution is 2.62. The maximum Gasteiger partial charge on any atom is 0.193 e. The van der Waals surface area contributed by atoms with Gasteiger partial charge in [-0.3, -0.25) is 4.79 Å². The molecule has 0 unspecified atom stereocenters. The van der Waals surface area contributed by atoms with Crippen molar-refractivity contribution in [2.75, 3.05) is 4.90 Å². The molecule has 39 heavy (non-hydrogen) atoms. The quantitative estimate of drug-likeness (QED) is 0.225. The van der Waals surface area contributed by atoms with E-state index in [1.165, 1.54) is 0 Å². The molecule has 2 aliphatic heterocycles. The Kier molecular flexibility index (Phi) is 4.48. The molecule has 5 aromatic carbocycles. The molecule has 0 N–H and O–H groups in total. The second-order valence-electron chi connectivity index (χ2n) is 10.1. The SMILES string of the molecule is Cc1cc(=O)c2cc(N3c4ccccc4C4(c5ccccc5Oc5ccccc54)c4ccccc43)ccc2o1. The van der Waals surface area contributed by atoms with Crippen LogP contribution in [-0.2, 0) is 5.41 Å². The van der Waals surface area contributed by atoms with Gasteiger partial charge in [0.25, 0.3) is 0 Å². The van der Waals surface area contributed by atoms with Crippen molar-refractivity contribution in [1.29, 1.82) is 0 Å². The van der Waals surface area contributed by atoms with Crippen LogP contribution in [0.4, 0.5) is 17.1 Å². The Morgan fingerprint density at radius 3 is 1.77 bits per heavy atom. The van der Waals surface area contributed by atoms with E-state index in [1.54, 1.807) is 13.0 Å². The first kappa shape index (κ1) is 21.9. The first-order valence-electron chi connectivity index (χ1n) is 13.1. The molecule has 2 aliphatic rings. The predicted octanol–water partition coefficient (Wildman–Crippen LogP) is 8.37. The Morgan fingerprint density at radius 2 is 1.15 bits per heavy atom. The van der Waals surface area contributed by atoms with E-state index in [9.17, 15) is 4.79 Å². The van der Waals surface area contributed by atoms with Crippen molar-refractivity contribution in [1.82, 2.24) is 0 Å². The normalized spacial score (nSPS) is 14.2. The predicted molar refractivity (Wildman–Crippen MR) is 154 cm³/mol. The standard InChI is InChI=1S/C35H23NO3/c1-22-20-31(37)24-21-23(18-19-32(24)38-22)36-29-14-6-2-10-25(29)35(26-11-3-7-15-30(26)36)27-12-4-8-16-33(27)39-34-17-9-5-13-28(34)35/h2-21H,1H3. The molecule has 0 saturated carbocycles. The van der Waals surface area contributed by atoms with Gasteiger partial charge in [0, 0.05) is 22.9 Å². The minimum Gasteiger partial charge on any atom is -0.461 e. The van der Waals surface area contributed by atoms with Gasteiger partial charge in [0.15, 0.2) is 5.43 Å². The lowest BCUT2D eigenvalue weighted by Crippen LogP contribution is -2.39. The number of hydrogen-bond acceptors (Lipinski definition) is 4. The lowest BCUT2D eigenvalue weighted by atomic mass is 9.61. The van der Waals surface area contributed by atoms with Crippen molar-refractivity contribution in [3.8, 4) is 11.5 Å². The molecular formula is C35H23NO3. The van der Waals surface area contributed by atoms with Crippen molar-refractivity contribution in [2.24, 2.45) is 0 Å². The second-order valence-corrected chi connectivity index (χ2v) is 10.1. The van der Waals surface area contributed by atoms with Crippen LogP contribution < -0.4 is 15.1 Å². The van der Waals surface area contributed by atoms with E-state index in [-0.39, 0.29) is 5.43 Å². The monoisotopic (exact) mass is 505 g/mol. The van der Waals surface area contributed by atoms with Gasteiger partial charge in [-0.05, 0) is 60.5 Å². The third-order valence-electron chi connectivity index (χ3n) is 7.99. The molecule has 0 atom stereocenters. The van der Waals surface area contributed by atoms with E-state index in [4.69, 9.17) is 9.15 Å². The van der Waals surface area contributed by atoms with Gasteiger partial charge >= 0.3 is 0 Å². The van der Waals surface area contributed by atoms with Crippen molar-refractivity contribution < 1.29 is 9.15 Å². The molecule has 0 aliphatic carbocycles. The van der Waals surface area contributed by atoms with E-state index >= 15 is 0 Å². The summed E-state index contributed by atoms with van der Waals surface area (Å²) in [5.74, 6) is 2.31. The van der Waals surface area contributed by atoms with Gasteiger partial charge in [0.05, 0.1) is 22.2 Å². The van der Waals surface area contributed by atoms with Crippen LogP contribution in [0.5, 0.6) is 11.5 Å². The molecule has 1 aromatic heterocycles. The Balaban J connectivity index is 1.49. The van der Waals surface area contributed by atoms with Crippen LogP contribution in [0.25, 0.3) is 11.0 Å². The summed E-state index contributed by atoms with van der Waals surface area (Å²) in [5, 5.41) is 0.565. The van der Waals surface area contributed by atoms with Gasteiger partial charge in [0.1, 0.15) is 22.8 Å². The number of rotatable bonds is 1. The summed E-state index contributed by atoms with van der Waals surface area (Å²) in [6.45, 7) is 1.80. The van der Waals surface area contributed by atoms with E-state index < -0.39 is 5.41 Å². The number of benzene rings is 5. The Hall–Kier alpha value is -5.09. The van der Waals surface area contributed by atoms with Crippen molar-refractivity contribution in [2.45, 2.75) is 12.3 Å². The van der Waals surface area contributed by atoms with E-state index in [2.05, 4.69) is 89.8 Å². The smallest absolute Gasteiger partial charge is 0.193 e. The first-order valence-corrected chi connectivity index (χ1v) is 13.1. The van der Waals surface area contributed by atoms with E-state index in [0.717, 1.165) is 50.8 Å². The Morgan fingerprint density at radius 1 is 0.615 bits per heavy atom. The van der Waals surface area contributed by atoms with Gasteiger partial charge in [-0.1, -0.05) is 72.8 Å². The highest BCUT2D eigenvalue weighted by Gasteiger charge is 2.50. The van der Waals surface area contributed by atoms with Gasteiger partial charge in [-0.25, -0.2) is 0 Å². The summed E-state index contributed by atoms with van der Waals surface area (Å²) in [6, 6.07) is 41.2. The molecule has 0 amide bonds. The lowest BCUT2D eigenvalue weighted by Gasteiger charge is -2.48. The molecule has 186 valence electrons. The maximum atomic E-state index is 13.0. The Bertz CT molecular complexity index is 1910. The topological polar surface area (TPSA) is 42.7 Å². The van der Waals surface area contributed by atoms with Gasteiger partial charge in [-0.15, -0.1) is 0 Å². The molecule has 0 fully saturated rings. The highest BCUT2D eigenvalue weighted by atomic mass is 16.5. The third kappa shape index (κ3) is 2.91. The molecular weight excluding hydrogens is 482 g/mol. The second kappa shape index (κ2) is 7.95. The highest BCUT2D eigenvalue weighted by molar-refractivity contribution is 5.93. The van der Waals surface area contributed by atoms with Gasteiger partial charge in [0.2, 0.25) is 0 Å². The van der Waals surface area contributed by atoms with Crippen LogP contribution in [0.3, 0.4) is 0 Å². The molecule has 4 heteroatoms. The number of para-hydroxylation sites is 4. The molecule has 1 spiro atoms. The number of fused-ring (bicyclic) bond motifs is 9. The summed E-state index contributed by atoms with van der Waals surface area (Å²) in [6.07, 6.45) is 0. The lowest BCUT2D eigenvalue weighted by molar-refractivity contribution is 0.434. The van der Waals surface area contributed by atoms with Crippen LogP contribution in [0.2, 0.25) is 0 Å². The largest absolute Gasteiger partial charge is 0.461 e. The van der Waals surface area contributed by atoms with Crippen molar-refractivity contribution in [3.05, 3.63) is 160 Å². The zero-order valence-electron chi connectivity index (χ0n) is 21.2. The average molecular weight is 506 g/mol.